The number of nitrogens with one attached hydrogen (secondary N) is 1. The topological polar surface area (TPSA) is 37.8 Å². The summed E-state index contributed by atoms with van der Waals surface area (Å²) in [5.74, 6) is 2.71. The molecule has 0 bridgehead atoms. The van der Waals surface area contributed by atoms with E-state index in [4.69, 9.17) is 0 Å². The predicted molar refractivity (Wildman–Crippen MR) is 74.9 cm³/mol. The molecule has 2 rings (SSSR count). The molecule has 1 N–H and O–H groups in total. The first-order valence-electron chi connectivity index (χ1n) is 6.06. The van der Waals surface area contributed by atoms with Gasteiger partial charge in [-0.05, 0) is 41.9 Å². The Balaban J connectivity index is 2.30. The summed E-state index contributed by atoms with van der Waals surface area (Å²) in [5.41, 5.74) is 1.27. The van der Waals surface area contributed by atoms with E-state index in [1.54, 1.807) is 0 Å². The molecule has 4 heteroatoms. The maximum absolute atomic E-state index is 4.66. The van der Waals surface area contributed by atoms with Crippen LogP contribution in [0.3, 0.4) is 0 Å². The van der Waals surface area contributed by atoms with E-state index in [0.717, 1.165) is 31.0 Å². The molecule has 1 saturated carbocycles. The van der Waals surface area contributed by atoms with Gasteiger partial charge in [-0.15, -0.1) is 0 Å². The van der Waals surface area contributed by atoms with Gasteiger partial charge in [0.15, 0.2) is 0 Å². The van der Waals surface area contributed by atoms with E-state index in [9.17, 15) is 0 Å². The third-order valence-corrected chi connectivity index (χ3v) is 3.81. The van der Waals surface area contributed by atoms with Gasteiger partial charge in [-0.3, -0.25) is 0 Å². The smallest absolute Gasteiger partial charge is 0.143 e. The summed E-state index contributed by atoms with van der Waals surface area (Å²) in [5, 5.41) is 3.40. The number of hydrogen-bond acceptors (Lipinski definition) is 3. The van der Waals surface area contributed by atoms with E-state index in [0.29, 0.717) is 5.92 Å². The van der Waals surface area contributed by atoms with Gasteiger partial charge < -0.3 is 5.32 Å². The summed E-state index contributed by atoms with van der Waals surface area (Å²) in [4.78, 5) is 9.23. The van der Waals surface area contributed by atoms with Crippen molar-refractivity contribution in [2.24, 2.45) is 0 Å². The lowest BCUT2D eigenvalue weighted by atomic mass is 10.2. The first-order chi connectivity index (χ1) is 7.76. The molecule has 16 heavy (non-hydrogen) atoms. The number of nitrogens with zero attached hydrogens (tertiary/aromatic N) is 2. The fraction of sp³-hybridized carbons (Fsp3) is 0.667. The van der Waals surface area contributed by atoms with Gasteiger partial charge in [0.05, 0.1) is 9.26 Å². The molecule has 0 atom stereocenters. The number of aromatic nitrogens is 2. The Morgan fingerprint density at radius 3 is 2.62 bits per heavy atom. The van der Waals surface area contributed by atoms with Crippen molar-refractivity contribution in [1.29, 1.82) is 0 Å². The van der Waals surface area contributed by atoms with Crippen molar-refractivity contribution in [3.05, 3.63) is 15.1 Å². The van der Waals surface area contributed by atoms with Gasteiger partial charge in [-0.25, -0.2) is 9.97 Å². The molecule has 88 valence electrons. The summed E-state index contributed by atoms with van der Waals surface area (Å²) in [6, 6.07) is 0. The molecule has 3 nitrogen and oxygen atoms in total. The molecule has 1 aliphatic rings. The van der Waals surface area contributed by atoms with Crippen LogP contribution < -0.4 is 5.32 Å². The molecule has 0 radical (unpaired) electrons. The SMILES string of the molecule is CCCNc1nc(CC)nc(C2CC2)c1I. The van der Waals surface area contributed by atoms with Crippen LogP contribution >= 0.6 is 22.6 Å². The number of rotatable bonds is 5. The van der Waals surface area contributed by atoms with Crippen LogP contribution in [0.4, 0.5) is 5.82 Å². The van der Waals surface area contributed by atoms with E-state index >= 15 is 0 Å². The standard InChI is InChI=1S/C12H18IN3/c1-3-7-14-12-10(13)11(8-5-6-8)15-9(4-2)16-12/h8H,3-7H2,1-2H3,(H,14,15,16). The van der Waals surface area contributed by atoms with Crippen molar-refractivity contribution in [3.8, 4) is 0 Å². The zero-order valence-corrected chi connectivity index (χ0v) is 12.0. The second-order valence-corrected chi connectivity index (χ2v) is 5.32. The molecule has 0 aliphatic heterocycles. The van der Waals surface area contributed by atoms with E-state index in [1.807, 2.05) is 0 Å². The van der Waals surface area contributed by atoms with Gasteiger partial charge >= 0.3 is 0 Å². The Morgan fingerprint density at radius 1 is 1.31 bits per heavy atom. The van der Waals surface area contributed by atoms with Crippen LogP contribution in [0.25, 0.3) is 0 Å². The Bertz CT molecular complexity index is 375. The van der Waals surface area contributed by atoms with Crippen LogP contribution in [-0.4, -0.2) is 16.5 Å². The largest absolute Gasteiger partial charge is 0.369 e. The normalized spacial score (nSPS) is 15.2. The molecule has 1 aromatic heterocycles. The quantitative estimate of drug-likeness (QED) is 0.841. The van der Waals surface area contributed by atoms with Crippen molar-refractivity contribution in [1.82, 2.24) is 9.97 Å². The summed E-state index contributed by atoms with van der Waals surface area (Å²) in [6.45, 7) is 5.27. The van der Waals surface area contributed by atoms with Gasteiger partial charge in [0, 0.05) is 18.9 Å². The molecule has 1 heterocycles. The Hall–Kier alpha value is -0.390. The zero-order chi connectivity index (χ0) is 11.5. The average molecular weight is 331 g/mol. The van der Waals surface area contributed by atoms with Crippen LogP contribution in [0.2, 0.25) is 0 Å². The lowest BCUT2D eigenvalue weighted by Crippen LogP contribution is -2.10. The van der Waals surface area contributed by atoms with Crippen molar-refractivity contribution < 1.29 is 0 Å². The maximum atomic E-state index is 4.66. The van der Waals surface area contributed by atoms with E-state index in [-0.39, 0.29) is 0 Å². The van der Waals surface area contributed by atoms with Gasteiger partial charge in [0.25, 0.3) is 0 Å². The minimum absolute atomic E-state index is 0.697. The highest BCUT2D eigenvalue weighted by Crippen LogP contribution is 2.42. The van der Waals surface area contributed by atoms with Crippen molar-refractivity contribution >= 4 is 28.4 Å². The van der Waals surface area contributed by atoms with Gasteiger partial charge in [0.2, 0.25) is 0 Å². The monoisotopic (exact) mass is 331 g/mol. The zero-order valence-electron chi connectivity index (χ0n) is 9.89. The number of hydrogen-bond donors (Lipinski definition) is 1. The average Bonchev–Trinajstić information content (AvgIpc) is 3.11. The van der Waals surface area contributed by atoms with Gasteiger partial charge in [-0.1, -0.05) is 13.8 Å². The van der Waals surface area contributed by atoms with Crippen LogP contribution in [-0.2, 0) is 6.42 Å². The first kappa shape index (κ1) is 12.1. The molecule has 0 aromatic carbocycles. The highest BCUT2D eigenvalue weighted by molar-refractivity contribution is 14.1. The van der Waals surface area contributed by atoms with Crippen LogP contribution in [0, 0.1) is 3.57 Å². The minimum Gasteiger partial charge on any atom is -0.369 e. The van der Waals surface area contributed by atoms with Crippen molar-refractivity contribution in [3.63, 3.8) is 0 Å². The number of aryl methyl sites for hydroxylation is 1. The van der Waals surface area contributed by atoms with E-state index < -0.39 is 0 Å². The molecule has 0 saturated heterocycles. The second kappa shape index (κ2) is 5.29. The molecule has 1 aliphatic carbocycles. The fourth-order valence-corrected chi connectivity index (χ4v) is 2.53. The summed E-state index contributed by atoms with van der Waals surface area (Å²) < 4.78 is 1.23. The number of halogens is 1. The fourth-order valence-electron chi connectivity index (χ4n) is 1.66. The van der Waals surface area contributed by atoms with Gasteiger partial charge in [-0.2, -0.15) is 0 Å². The van der Waals surface area contributed by atoms with E-state index in [2.05, 4.69) is 51.7 Å². The lowest BCUT2D eigenvalue weighted by Gasteiger charge is -2.11. The van der Waals surface area contributed by atoms with Crippen LogP contribution in [0.15, 0.2) is 0 Å². The second-order valence-electron chi connectivity index (χ2n) is 4.24. The van der Waals surface area contributed by atoms with Crippen LogP contribution in [0.1, 0.15) is 50.5 Å². The minimum atomic E-state index is 0.697. The molecular formula is C12H18IN3. The molecular weight excluding hydrogens is 313 g/mol. The number of anilines is 1. The lowest BCUT2D eigenvalue weighted by molar-refractivity contribution is 0.864. The highest BCUT2D eigenvalue weighted by atomic mass is 127. The summed E-state index contributed by atoms with van der Waals surface area (Å²) >= 11 is 2.38. The maximum Gasteiger partial charge on any atom is 0.143 e. The summed E-state index contributed by atoms with van der Waals surface area (Å²) in [6.07, 6.45) is 4.63. The molecule has 1 aromatic rings. The Morgan fingerprint density at radius 2 is 2.06 bits per heavy atom. The highest BCUT2D eigenvalue weighted by Gasteiger charge is 2.29. The Labute approximate surface area is 111 Å². The molecule has 0 unspecified atom stereocenters. The molecule has 0 amide bonds. The summed E-state index contributed by atoms with van der Waals surface area (Å²) in [7, 11) is 0. The predicted octanol–water partition coefficient (Wildman–Crippen LogP) is 3.34. The van der Waals surface area contributed by atoms with Crippen molar-refractivity contribution in [2.75, 3.05) is 11.9 Å². The Kier molecular flexibility index (Phi) is 4.00. The van der Waals surface area contributed by atoms with Crippen LogP contribution in [0.5, 0.6) is 0 Å². The first-order valence-corrected chi connectivity index (χ1v) is 7.14. The van der Waals surface area contributed by atoms with Gasteiger partial charge in [0.1, 0.15) is 11.6 Å². The van der Waals surface area contributed by atoms with Crippen molar-refractivity contribution in [2.45, 2.75) is 45.4 Å². The third-order valence-electron chi connectivity index (χ3n) is 2.75. The third kappa shape index (κ3) is 2.64. The molecule has 0 spiro atoms. The van der Waals surface area contributed by atoms with E-state index in [1.165, 1.54) is 22.1 Å². The molecule has 1 fully saturated rings.